The molecule has 5 heteroatoms. The van der Waals surface area contributed by atoms with Crippen molar-refractivity contribution >= 4 is 19.2 Å². The number of halogens is 1. The predicted octanol–water partition coefficient (Wildman–Crippen LogP) is 0.915. The minimum absolute atomic E-state index is 1.00. The quantitative estimate of drug-likeness (QED) is 0.355. The van der Waals surface area contributed by atoms with Crippen LogP contribution in [0.1, 0.15) is 0 Å². The summed E-state index contributed by atoms with van der Waals surface area (Å²) in [7, 11) is -4.11. The van der Waals surface area contributed by atoms with E-state index in [1.54, 1.807) is 0 Å². The molecular weight excluding hydrogens is 150 g/mol. The van der Waals surface area contributed by atoms with Gasteiger partial charge in [-0.3, -0.25) is 4.57 Å². The Morgan fingerprint density at radius 1 is 1.75 bits per heavy atom. The molecule has 0 aromatic carbocycles. The van der Waals surface area contributed by atoms with Crippen LogP contribution in [0.15, 0.2) is 12.7 Å². The summed E-state index contributed by atoms with van der Waals surface area (Å²) >= 11 is 5.06. The van der Waals surface area contributed by atoms with E-state index in [0.29, 0.717) is 0 Å². The zero-order chi connectivity index (χ0) is 6.78. The highest BCUT2D eigenvalue weighted by Crippen LogP contribution is 2.43. The molecule has 0 saturated carbocycles. The minimum Gasteiger partial charge on any atom is -0.323 e. The molecule has 0 spiro atoms. The molecule has 0 fully saturated rings. The first-order valence-electron chi connectivity index (χ1n) is 1.80. The fourth-order valence-electron chi connectivity index (χ4n) is 0.137. The van der Waals surface area contributed by atoms with Gasteiger partial charge in [-0.1, -0.05) is 6.08 Å². The summed E-state index contributed by atoms with van der Waals surface area (Å²) in [5.41, 5.74) is 0. The summed E-state index contributed by atoms with van der Waals surface area (Å²) in [6, 6.07) is 0. The van der Waals surface area contributed by atoms with Gasteiger partial charge in [0.25, 0.3) is 0 Å². The van der Waals surface area contributed by atoms with Gasteiger partial charge >= 0.3 is 7.60 Å². The van der Waals surface area contributed by atoms with Crippen LogP contribution >= 0.6 is 19.2 Å². The molecule has 0 saturated heterocycles. The highest BCUT2D eigenvalue weighted by atomic mass is 35.5. The Morgan fingerprint density at radius 3 is 2.12 bits per heavy atom. The van der Waals surface area contributed by atoms with E-state index in [9.17, 15) is 4.57 Å². The van der Waals surface area contributed by atoms with Gasteiger partial charge in [-0.2, -0.15) is 0 Å². The van der Waals surface area contributed by atoms with Crippen LogP contribution in [-0.4, -0.2) is 14.9 Å². The Morgan fingerprint density at radius 2 is 2.12 bits per heavy atom. The van der Waals surface area contributed by atoms with E-state index in [2.05, 4.69) is 6.58 Å². The third-order valence-electron chi connectivity index (χ3n) is 0.516. The topological polar surface area (TPSA) is 57.5 Å². The SMILES string of the molecule is C=CC(Cl)P(=O)(O)O. The largest absolute Gasteiger partial charge is 0.347 e. The fourth-order valence-corrected chi connectivity index (χ4v) is 0.412. The van der Waals surface area contributed by atoms with Crippen molar-refractivity contribution in [1.29, 1.82) is 0 Å². The molecule has 0 aliphatic carbocycles. The van der Waals surface area contributed by atoms with Gasteiger partial charge in [-0.15, -0.1) is 18.2 Å². The Balaban J connectivity index is 4.02. The summed E-state index contributed by atoms with van der Waals surface area (Å²) in [6.45, 7) is 3.10. The van der Waals surface area contributed by atoms with Crippen molar-refractivity contribution in [2.75, 3.05) is 0 Å². The van der Waals surface area contributed by atoms with Crippen LogP contribution in [0.4, 0.5) is 0 Å². The minimum atomic E-state index is -4.11. The normalized spacial score (nSPS) is 15.4. The first-order valence-corrected chi connectivity index (χ1v) is 3.92. The molecule has 2 N–H and O–H groups in total. The summed E-state index contributed by atoms with van der Waals surface area (Å²) in [4.78, 5) is 16.4. The second kappa shape index (κ2) is 2.65. The highest BCUT2D eigenvalue weighted by molar-refractivity contribution is 7.54. The van der Waals surface area contributed by atoms with Crippen LogP contribution < -0.4 is 0 Å². The second-order valence-corrected chi connectivity index (χ2v) is 3.71. The summed E-state index contributed by atoms with van der Waals surface area (Å²) in [5.74, 6) is 0. The maximum Gasteiger partial charge on any atom is 0.347 e. The van der Waals surface area contributed by atoms with Gasteiger partial charge in [0.15, 0.2) is 5.12 Å². The van der Waals surface area contributed by atoms with Crippen molar-refractivity contribution in [3.63, 3.8) is 0 Å². The van der Waals surface area contributed by atoms with Gasteiger partial charge in [-0.25, -0.2) is 0 Å². The van der Waals surface area contributed by atoms with Crippen LogP contribution in [0.3, 0.4) is 0 Å². The molecular formula is C3H6ClO3P. The van der Waals surface area contributed by atoms with E-state index in [1.807, 2.05) is 0 Å². The molecule has 0 aromatic rings. The van der Waals surface area contributed by atoms with Crippen LogP contribution in [0, 0.1) is 0 Å². The molecule has 0 radical (unpaired) electrons. The van der Waals surface area contributed by atoms with Gasteiger partial charge in [0.05, 0.1) is 0 Å². The Hall–Kier alpha value is 0.180. The van der Waals surface area contributed by atoms with Crippen LogP contribution in [0.5, 0.6) is 0 Å². The molecule has 1 atom stereocenters. The van der Waals surface area contributed by atoms with Crippen LogP contribution in [0.2, 0.25) is 0 Å². The number of hydrogen-bond donors (Lipinski definition) is 2. The lowest BCUT2D eigenvalue weighted by molar-refractivity contribution is 0.373. The summed E-state index contributed by atoms with van der Waals surface area (Å²) in [5, 5.41) is -1.25. The Bertz CT molecular complexity index is 128. The fraction of sp³-hybridized carbons (Fsp3) is 0.333. The Kier molecular flexibility index (Phi) is 2.71. The Labute approximate surface area is 52.1 Å². The van der Waals surface area contributed by atoms with E-state index in [-0.39, 0.29) is 0 Å². The van der Waals surface area contributed by atoms with Crippen LogP contribution in [0.25, 0.3) is 0 Å². The third kappa shape index (κ3) is 2.48. The van der Waals surface area contributed by atoms with E-state index in [0.717, 1.165) is 6.08 Å². The van der Waals surface area contributed by atoms with Gasteiger partial charge in [-0.05, 0) is 0 Å². The molecule has 0 aromatic heterocycles. The third-order valence-corrected chi connectivity index (χ3v) is 2.31. The van der Waals surface area contributed by atoms with Gasteiger partial charge in [0.2, 0.25) is 0 Å². The van der Waals surface area contributed by atoms with Crippen LogP contribution in [-0.2, 0) is 4.57 Å². The lowest BCUT2D eigenvalue weighted by atomic mass is 10.8. The number of alkyl halides is 1. The molecule has 0 rings (SSSR count). The second-order valence-electron chi connectivity index (χ2n) is 1.20. The molecule has 1 unspecified atom stereocenters. The standard InChI is InChI=1S/C3H6ClO3P/c1-2-3(4)8(5,6)7/h2-3H,1H2,(H2,5,6,7). The van der Waals surface area contributed by atoms with Crippen molar-refractivity contribution in [1.82, 2.24) is 0 Å². The number of hydrogen-bond acceptors (Lipinski definition) is 1. The molecule has 3 nitrogen and oxygen atoms in total. The van der Waals surface area contributed by atoms with E-state index >= 15 is 0 Å². The number of rotatable bonds is 2. The van der Waals surface area contributed by atoms with Crippen molar-refractivity contribution < 1.29 is 14.4 Å². The molecule has 0 amide bonds. The van der Waals surface area contributed by atoms with Crippen molar-refractivity contribution in [3.8, 4) is 0 Å². The monoisotopic (exact) mass is 156 g/mol. The number of allylic oxidation sites excluding steroid dienone is 1. The van der Waals surface area contributed by atoms with E-state index in [1.165, 1.54) is 0 Å². The van der Waals surface area contributed by atoms with E-state index < -0.39 is 12.7 Å². The average molecular weight is 157 g/mol. The average Bonchev–Trinajstić information content (AvgIpc) is 1.62. The zero-order valence-corrected chi connectivity index (χ0v) is 5.64. The van der Waals surface area contributed by atoms with Gasteiger partial charge in [0, 0.05) is 0 Å². The van der Waals surface area contributed by atoms with Crippen molar-refractivity contribution in [3.05, 3.63) is 12.7 Å². The molecule has 0 heterocycles. The van der Waals surface area contributed by atoms with Gasteiger partial charge < -0.3 is 9.79 Å². The molecule has 8 heavy (non-hydrogen) atoms. The first kappa shape index (κ1) is 8.18. The lowest BCUT2D eigenvalue weighted by Crippen LogP contribution is -1.92. The smallest absolute Gasteiger partial charge is 0.323 e. The predicted molar refractivity (Wildman–Crippen MR) is 31.9 cm³/mol. The zero-order valence-electron chi connectivity index (χ0n) is 3.99. The summed E-state index contributed by atoms with van der Waals surface area (Å²) in [6.07, 6.45) is 1.00. The van der Waals surface area contributed by atoms with E-state index in [4.69, 9.17) is 21.4 Å². The first-order chi connectivity index (χ1) is 3.48. The van der Waals surface area contributed by atoms with Crippen molar-refractivity contribution in [2.24, 2.45) is 0 Å². The maximum absolute atomic E-state index is 10.1. The molecule has 48 valence electrons. The summed E-state index contributed by atoms with van der Waals surface area (Å²) < 4.78 is 10.1. The highest BCUT2D eigenvalue weighted by Gasteiger charge is 2.22. The van der Waals surface area contributed by atoms with Gasteiger partial charge in [0.1, 0.15) is 0 Å². The molecule has 0 aliphatic heterocycles. The maximum atomic E-state index is 10.1. The lowest BCUT2D eigenvalue weighted by Gasteiger charge is -2.03. The van der Waals surface area contributed by atoms with Crippen molar-refractivity contribution in [2.45, 2.75) is 5.12 Å². The molecule has 0 aliphatic rings. The molecule has 0 bridgehead atoms.